The van der Waals surface area contributed by atoms with Crippen LogP contribution < -0.4 is 5.32 Å². The molecule has 0 aliphatic carbocycles. The molecule has 5 nitrogen and oxygen atoms in total. The van der Waals surface area contributed by atoms with Crippen LogP contribution in [0.15, 0.2) is 28.3 Å². The lowest BCUT2D eigenvalue weighted by Crippen LogP contribution is -2.05. The molecule has 3 aromatic heterocycles. The molecule has 0 fully saturated rings. The second kappa shape index (κ2) is 4.83. The molecular weight excluding hydrogens is 338 g/mol. The molecule has 3 heterocycles. The number of halogens is 2. The predicted molar refractivity (Wildman–Crippen MR) is 75.1 cm³/mol. The molecule has 3 aromatic rings. The van der Waals surface area contributed by atoms with Crippen LogP contribution in [-0.2, 0) is 6.54 Å². The van der Waals surface area contributed by atoms with Crippen molar-refractivity contribution < 1.29 is 0 Å². The van der Waals surface area contributed by atoms with Crippen molar-refractivity contribution in [2.24, 2.45) is 0 Å². The summed E-state index contributed by atoms with van der Waals surface area (Å²) in [7, 11) is 0. The van der Waals surface area contributed by atoms with Gasteiger partial charge in [-0.15, -0.1) is 11.3 Å². The van der Waals surface area contributed by atoms with Crippen LogP contribution in [0.2, 0.25) is 5.15 Å². The Morgan fingerprint density at radius 3 is 3.11 bits per heavy atom. The van der Waals surface area contributed by atoms with Gasteiger partial charge in [-0.3, -0.25) is 0 Å². The fourth-order valence-electron chi connectivity index (χ4n) is 1.53. The zero-order chi connectivity index (χ0) is 12.5. The van der Waals surface area contributed by atoms with Gasteiger partial charge in [-0.2, -0.15) is 19.6 Å². The highest BCUT2D eigenvalue weighted by Gasteiger charge is 2.06. The summed E-state index contributed by atoms with van der Waals surface area (Å²) in [5, 5.41) is 7.76. The zero-order valence-corrected chi connectivity index (χ0v) is 12.1. The Labute approximate surface area is 120 Å². The number of nitrogens with zero attached hydrogens (tertiary/aromatic N) is 4. The van der Waals surface area contributed by atoms with Gasteiger partial charge in [-0.1, -0.05) is 11.6 Å². The first kappa shape index (κ1) is 11.9. The molecule has 1 N–H and O–H groups in total. The smallest absolute Gasteiger partial charge is 0.255 e. The van der Waals surface area contributed by atoms with Gasteiger partial charge in [0.15, 0.2) is 0 Å². The first-order valence-electron chi connectivity index (χ1n) is 5.07. The summed E-state index contributed by atoms with van der Waals surface area (Å²) in [6.45, 7) is 0.700. The van der Waals surface area contributed by atoms with Crippen LogP contribution in [0.25, 0.3) is 5.78 Å². The minimum atomic E-state index is 0.394. The van der Waals surface area contributed by atoms with Crippen LogP contribution in [0, 0.1) is 0 Å². The van der Waals surface area contributed by atoms with E-state index in [9.17, 15) is 0 Å². The number of fused-ring (bicyclic) bond motifs is 1. The Morgan fingerprint density at radius 2 is 2.33 bits per heavy atom. The van der Waals surface area contributed by atoms with Gasteiger partial charge in [-0.25, -0.2) is 0 Å². The standard InChI is InChI=1S/C10H7BrClN5S/c11-7-2-1-6(18-7)4-13-9-3-8(12)16-10-14-5-15-17(9)10/h1-3,5,13H,4H2. The monoisotopic (exact) mass is 343 g/mol. The maximum Gasteiger partial charge on any atom is 0.255 e. The molecule has 0 unspecified atom stereocenters. The number of hydrogen-bond donors (Lipinski definition) is 1. The van der Waals surface area contributed by atoms with Gasteiger partial charge in [0.1, 0.15) is 17.3 Å². The predicted octanol–water partition coefficient (Wildman–Crippen LogP) is 3.21. The van der Waals surface area contributed by atoms with E-state index in [0.717, 1.165) is 9.60 Å². The average molecular weight is 345 g/mol. The summed E-state index contributed by atoms with van der Waals surface area (Å²) in [5.74, 6) is 1.25. The van der Waals surface area contributed by atoms with Crippen molar-refractivity contribution in [1.29, 1.82) is 0 Å². The van der Waals surface area contributed by atoms with Gasteiger partial charge < -0.3 is 5.32 Å². The van der Waals surface area contributed by atoms with Crippen molar-refractivity contribution in [2.45, 2.75) is 6.54 Å². The van der Waals surface area contributed by atoms with E-state index in [0.29, 0.717) is 17.5 Å². The minimum Gasteiger partial charge on any atom is -0.365 e. The number of rotatable bonds is 3. The van der Waals surface area contributed by atoms with E-state index in [1.165, 1.54) is 11.2 Å². The Bertz CT molecular complexity index is 694. The molecule has 0 aliphatic rings. The molecule has 0 bridgehead atoms. The summed E-state index contributed by atoms with van der Waals surface area (Å²) in [4.78, 5) is 9.29. The summed E-state index contributed by atoms with van der Waals surface area (Å²) in [5.41, 5.74) is 0. The first-order chi connectivity index (χ1) is 8.72. The largest absolute Gasteiger partial charge is 0.365 e. The van der Waals surface area contributed by atoms with Crippen molar-refractivity contribution >= 4 is 50.5 Å². The van der Waals surface area contributed by atoms with Gasteiger partial charge >= 0.3 is 0 Å². The number of nitrogens with one attached hydrogen (secondary N) is 1. The highest BCUT2D eigenvalue weighted by molar-refractivity contribution is 9.11. The van der Waals surface area contributed by atoms with Crippen LogP contribution in [0.4, 0.5) is 5.82 Å². The summed E-state index contributed by atoms with van der Waals surface area (Å²) >= 11 is 11.0. The molecule has 0 atom stereocenters. The Hall–Kier alpha value is -1.18. The normalized spacial score (nSPS) is 11.0. The molecule has 0 spiro atoms. The third-order valence-corrected chi connectivity index (χ3v) is 4.11. The fraction of sp³-hybridized carbons (Fsp3) is 0.100. The van der Waals surface area contributed by atoms with Gasteiger partial charge in [0.2, 0.25) is 0 Å². The molecule has 0 aliphatic heterocycles. The molecular formula is C10H7BrClN5S. The third-order valence-electron chi connectivity index (χ3n) is 2.29. The number of anilines is 1. The number of aromatic nitrogens is 4. The van der Waals surface area contributed by atoms with Crippen molar-refractivity contribution in [1.82, 2.24) is 19.6 Å². The van der Waals surface area contributed by atoms with E-state index in [2.05, 4.69) is 42.4 Å². The molecule has 0 saturated carbocycles. The van der Waals surface area contributed by atoms with Crippen molar-refractivity contribution in [2.75, 3.05) is 5.32 Å². The van der Waals surface area contributed by atoms with E-state index < -0.39 is 0 Å². The number of hydrogen-bond acceptors (Lipinski definition) is 5. The van der Waals surface area contributed by atoms with Crippen molar-refractivity contribution in [3.63, 3.8) is 0 Å². The molecule has 0 radical (unpaired) electrons. The Balaban J connectivity index is 1.87. The van der Waals surface area contributed by atoms with Gasteiger partial charge in [-0.05, 0) is 28.1 Å². The van der Waals surface area contributed by atoms with Gasteiger partial charge in [0.05, 0.1) is 10.3 Å². The molecule has 3 rings (SSSR count). The van der Waals surface area contributed by atoms with Crippen LogP contribution >= 0.6 is 38.9 Å². The summed E-state index contributed by atoms with van der Waals surface area (Å²) in [6, 6.07) is 5.81. The van der Waals surface area contributed by atoms with Gasteiger partial charge in [0, 0.05) is 10.9 Å². The SMILES string of the molecule is Clc1cc(NCc2ccc(Br)s2)n2ncnc2n1. The fourth-order valence-corrected chi connectivity index (χ4v) is 3.14. The van der Waals surface area contributed by atoms with E-state index in [1.807, 2.05) is 6.07 Å². The molecule has 8 heteroatoms. The van der Waals surface area contributed by atoms with E-state index in [4.69, 9.17) is 11.6 Å². The lowest BCUT2D eigenvalue weighted by molar-refractivity contribution is 0.928. The quantitative estimate of drug-likeness (QED) is 0.741. The van der Waals surface area contributed by atoms with Crippen LogP contribution in [0.5, 0.6) is 0 Å². The maximum absolute atomic E-state index is 5.93. The Morgan fingerprint density at radius 1 is 1.44 bits per heavy atom. The first-order valence-corrected chi connectivity index (χ1v) is 7.05. The summed E-state index contributed by atoms with van der Waals surface area (Å²) in [6.07, 6.45) is 1.45. The molecule has 0 amide bonds. The minimum absolute atomic E-state index is 0.394. The Kier molecular flexibility index (Phi) is 3.19. The maximum atomic E-state index is 5.93. The highest BCUT2D eigenvalue weighted by Crippen LogP contribution is 2.23. The van der Waals surface area contributed by atoms with Crippen molar-refractivity contribution in [3.05, 3.63) is 38.3 Å². The average Bonchev–Trinajstić information content (AvgIpc) is 2.94. The second-order valence-corrected chi connectivity index (χ2v) is 6.43. The van der Waals surface area contributed by atoms with E-state index in [1.54, 1.807) is 21.9 Å². The van der Waals surface area contributed by atoms with E-state index in [-0.39, 0.29) is 0 Å². The zero-order valence-electron chi connectivity index (χ0n) is 8.97. The molecule has 0 saturated heterocycles. The topological polar surface area (TPSA) is 55.1 Å². The molecule has 0 aromatic carbocycles. The molecule has 18 heavy (non-hydrogen) atoms. The third kappa shape index (κ3) is 2.33. The highest BCUT2D eigenvalue weighted by atomic mass is 79.9. The van der Waals surface area contributed by atoms with Crippen LogP contribution in [0.1, 0.15) is 4.88 Å². The van der Waals surface area contributed by atoms with Crippen LogP contribution in [0.3, 0.4) is 0 Å². The van der Waals surface area contributed by atoms with Crippen LogP contribution in [-0.4, -0.2) is 19.6 Å². The van der Waals surface area contributed by atoms with Crippen molar-refractivity contribution in [3.8, 4) is 0 Å². The number of thiophene rings is 1. The summed E-state index contributed by atoms with van der Waals surface area (Å²) < 4.78 is 2.73. The molecule has 92 valence electrons. The lowest BCUT2D eigenvalue weighted by atomic mass is 10.4. The van der Waals surface area contributed by atoms with E-state index >= 15 is 0 Å². The second-order valence-electron chi connectivity index (χ2n) is 3.50. The lowest BCUT2D eigenvalue weighted by Gasteiger charge is -2.06. The van der Waals surface area contributed by atoms with Gasteiger partial charge in [0.25, 0.3) is 5.78 Å².